The fourth-order valence-corrected chi connectivity index (χ4v) is 2.35. The number of anilines is 1. The van der Waals surface area contributed by atoms with Crippen LogP contribution in [-0.2, 0) is 0 Å². The van der Waals surface area contributed by atoms with E-state index in [1.807, 2.05) is 0 Å². The third kappa shape index (κ3) is 1.78. The van der Waals surface area contributed by atoms with E-state index in [-0.39, 0.29) is 11.5 Å². The molecule has 2 N–H and O–H groups in total. The lowest BCUT2D eigenvalue weighted by molar-refractivity contribution is -0.477. The SMILES string of the molecule is C[N+]1=NC(c2cccc(F)c2)c2c1ccc(N)c2F. The third-order valence-corrected chi connectivity index (χ3v) is 3.26. The summed E-state index contributed by atoms with van der Waals surface area (Å²) in [5.74, 6) is -0.854. The second-order valence-corrected chi connectivity index (χ2v) is 4.50. The average molecular weight is 260 g/mol. The summed E-state index contributed by atoms with van der Waals surface area (Å²) in [6.07, 6.45) is 0. The van der Waals surface area contributed by atoms with Crippen LogP contribution in [-0.4, -0.2) is 11.7 Å². The van der Waals surface area contributed by atoms with Crippen LogP contribution >= 0.6 is 0 Å². The number of nitrogens with two attached hydrogens (primary N) is 1. The quantitative estimate of drug-likeness (QED) is 0.619. The van der Waals surface area contributed by atoms with Gasteiger partial charge in [-0.1, -0.05) is 16.8 Å². The molecule has 19 heavy (non-hydrogen) atoms. The molecule has 0 saturated heterocycles. The van der Waals surface area contributed by atoms with Crippen molar-refractivity contribution in [1.29, 1.82) is 0 Å². The molecule has 0 spiro atoms. The lowest BCUT2D eigenvalue weighted by atomic mass is 9.97. The Morgan fingerprint density at radius 1 is 1.21 bits per heavy atom. The van der Waals surface area contributed by atoms with Crippen LogP contribution in [0.4, 0.5) is 20.2 Å². The Labute approximate surface area is 109 Å². The van der Waals surface area contributed by atoms with Gasteiger partial charge in [-0.15, -0.1) is 0 Å². The summed E-state index contributed by atoms with van der Waals surface area (Å²) < 4.78 is 29.1. The monoisotopic (exact) mass is 260 g/mol. The molecule has 3 rings (SSSR count). The number of rotatable bonds is 1. The predicted octanol–water partition coefficient (Wildman–Crippen LogP) is 3.38. The van der Waals surface area contributed by atoms with Crippen molar-refractivity contribution < 1.29 is 13.5 Å². The number of hydrogen-bond donors (Lipinski definition) is 1. The summed E-state index contributed by atoms with van der Waals surface area (Å²) in [7, 11) is 1.73. The van der Waals surface area contributed by atoms with Gasteiger partial charge < -0.3 is 5.73 Å². The van der Waals surface area contributed by atoms with Crippen molar-refractivity contribution in [2.45, 2.75) is 6.04 Å². The fraction of sp³-hybridized carbons (Fsp3) is 0.143. The maximum atomic E-state index is 14.2. The van der Waals surface area contributed by atoms with E-state index in [2.05, 4.69) is 5.11 Å². The van der Waals surface area contributed by atoms with E-state index >= 15 is 0 Å². The number of halogens is 2. The molecule has 2 aromatic rings. The molecule has 5 heteroatoms. The normalized spacial score (nSPS) is 17.2. The highest BCUT2D eigenvalue weighted by Crippen LogP contribution is 2.41. The van der Waals surface area contributed by atoms with E-state index < -0.39 is 11.9 Å². The van der Waals surface area contributed by atoms with Gasteiger partial charge in [-0.3, -0.25) is 0 Å². The van der Waals surface area contributed by atoms with E-state index in [1.54, 1.807) is 29.9 Å². The van der Waals surface area contributed by atoms with E-state index in [9.17, 15) is 8.78 Å². The van der Waals surface area contributed by atoms with Gasteiger partial charge in [0.1, 0.15) is 5.82 Å². The molecule has 0 amide bonds. The number of benzene rings is 2. The zero-order chi connectivity index (χ0) is 13.6. The van der Waals surface area contributed by atoms with Gasteiger partial charge >= 0.3 is 0 Å². The lowest BCUT2D eigenvalue weighted by Gasteiger charge is -2.07. The molecule has 0 aromatic heterocycles. The summed E-state index contributed by atoms with van der Waals surface area (Å²) in [4.78, 5) is 0. The number of azo groups is 2. The Balaban J connectivity index is 2.20. The van der Waals surface area contributed by atoms with Crippen molar-refractivity contribution in [3.63, 3.8) is 0 Å². The molecular formula is C14H12F2N3+. The van der Waals surface area contributed by atoms with Crippen molar-refractivity contribution >= 4 is 11.4 Å². The van der Waals surface area contributed by atoms with Crippen LogP contribution in [0.3, 0.4) is 0 Å². The fourth-order valence-electron chi connectivity index (χ4n) is 2.35. The summed E-state index contributed by atoms with van der Waals surface area (Å²) in [5, 5.41) is 4.34. The van der Waals surface area contributed by atoms with Gasteiger partial charge in [0.15, 0.2) is 18.9 Å². The minimum absolute atomic E-state index is 0.0747. The maximum absolute atomic E-state index is 14.2. The molecule has 1 aliphatic heterocycles. The lowest BCUT2D eigenvalue weighted by Crippen LogP contribution is -2.01. The first kappa shape index (κ1) is 11.8. The maximum Gasteiger partial charge on any atom is 0.240 e. The largest absolute Gasteiger partial charge is 0.396 e. The van der Waals surface area contributed by atoms with Gasteiger partial charge in [0.25, 0.3) is 0 Å². The Bertz CT molecular complexity index is 695. The highest BCUT2D eigenvalue weighted by Gasteiger charge is 2.35. The van der Waals surface area contributed by atoms with Crippen molar-refractivity contribution in [2.75, 3.05) is 12.8 Å². The van der Waals surface area contributed by atoms with Crippen molar-refractivity contribution in [3.05, 3.63) is 59.2 Å². The molecule has 0 aliphatic carbocycles. The molecule has 0 saturated carbocycles. The summed E-state index contributed by atoms with van der Waals surface area (Å²) in [6.45, 7) is 0. The first-order valence-electron chi connectivity index (χ1n) is 5.86. The van der Waals surface area contributed by atoms with Gasteiger partial charge in [-0.25, -0.2) is 8.78 Å². The van der Waals surface area contributed by atoms with Crippen LogP contribution < -0.4 is 5.73 Å². The molecule has 3 nitrogen and oxygen atoms in total. The Kier molecular flexibility index (Phi) is 2.55. The van der Waals surface area contributed by atoms with E-state index in [0.717, 1.165) is 0 Å². The molecule has 1 unspecified atom stereocenters. The molecule has 0 fully saturated rings. The van der Waals surface area contributed by atoms with Crippen LogP contribution in [0.2, 0.25) is 0 Å². The van der Waals surface area contributed by atoms with Crippen LogP contribution in [0.5, 0.6) is 0 Å². The van der Waals surface area contributed by atoms with Gasteiger partial charge in [0.05, 0.1) is 11.3 Å². The smallest absolute Gasteiger partial charge is 0.240 e. The first-order valence-corrected chi connectivity index (χ1v) is 5.86. The number of nitrogens with zero attached hydrogens (tertiary/aromatic N) is 2. The minimum atomic E-state index is -0.556. The molecule has 2 aromatic carbocycles. The van der Waals surface area contributed by atoms with Crippen molar-refractivity contribution in [3.8, 4) is 0 Å². The van der Waals surface area contributed by atoms with Crippen LogP contribution in [0, 0.1) is 11.6 Å². The molecular weight excluding hydrogens is 248 g/mol. The number of nitrogen functional groups attached to an aromatic ring is 1. The highest BCUT2D eigenvalue weighted by atomic mass is 19.1. The zero-order valence-corrected chi connectivity index (χ0v) is 10.3. The summed E-state index contributed by atoms with van der Waals surface area (Å²) >= 11 is 0. The zero-order valence-electron chi connectivity index (χ0n) is 10.3. The topological polar surface area (TPSA) is 41.4 Å². The third-order valence-electron chi connectivity index (χ3n) is 3.26. The van der Waals surface area contributed by atoms with E-state index in [1.165, 1.54) is 18.2 Å². The minimum Gasteiger partial charge on any atom is -0.396 e. The molecule has 0 radical (unpaired) electrons. The second kappa shape index (κ2) is 4.12. The van der Waals surface area contributed by atoms with Gasteiger partial charge in [0, 0.05) is 6.07 Å². The van der Waals surface area contributed by atoms with Crippen LogP contribution in [0.1, 0.15) is 17.2 Å². The van der Waals surface area contributed by atoms with Gasteiger partial charge in [0.2, 0.25) is 5.69 Å². The first-order chi connectivity index (χ1) is 9.08. The molecule has 1 heterocycles. The molecule has 1 aliphatic rings. The summed E-state index contributed by atoms with van der Waals surface area (Å²) in [6, 6.07) is 8.69. The Morgan fingerprint density at radius 2 is 2.00 bits per heavy atom. The van der Waals surface area contributed by atoms with Crippen molar-refractivity contribution in [1.82, 2.24) is 0 Å². The number of fused-ring (bicyclic) bond motifs is 1. The molecule has 1 atom stereocenters. The van der Waals surface area contributed by atoms with Gasteiger partial charge in [-0.2, -0.15) is 0 Å². The van der Waals surface area contributed by atoms with Crippen molar-refractivity contribution in [2.24, 2.45) is 5.11 Å². The van der Waals surface area contributed by atoms with Crippen LogP contribution in [0.25, 0.3) is 0 Å². The van der Waals surface area contributed by atoms with Gasteiger partial charge in [-0.05, 0) is 28.9 Å². The molecule has 96 valence electrons. The number of hydrogen-bond acceptors (Lipinski definition) is 2. The highest BCUT2D eigenvalue weighted by molar-refractivity contribution is 5.57. The van der Waals surface area contributed by atoms with E-state index in [0.29, 0.717) is 16.8 Å². The van der Waals surface area contributed by atoms with Crippen LogP contribution in [0.15, 0.2) is 41.5 Å². The average Bonchev–Trinajstić information content (AvgIpc) is 2.72. The second-order valence-electron chi connectivity index (χ2n) is 4.50. The van der Waals surface area contributed by atoms with E-state index in [4.69, 9.17) is 5.73 Å². The Morgan fingerprint density at radius 3 is 2.74 bits per heavy atom. The Hall–Kier alpha value is -2.30. The molecule has 0 bridgehead atoms. The standard InChI is InChI=1S/C14H12F2N3/c1-19-11-6-5-10(17)13(16)12(11)14(18-19)8-3-2-4-9(15)7-8/h2-7,14H,17H2,1H3/q+1. The summed E-state index contributed by atoms with van der Waals surface area (Å²) in [5.41, 5.74) is 7.33. The predicted molar refractivity (Wildman–Crippen MR) is 67.3 cm³/mol.